The fraction of sp³-hybridized carbons (Fsp3) is 0.238. The second-order valence-electron chi connectivity index (χ2n) is 6.63. The first-order valence-corrected chi connectivity index (χ1v) is 8.70. The SMILES string of the molecule is NC(=O)c1ccc2cncc(N3CCC(c4ccccc4)CC3)c2c1. The maximum Gasteiger partial charge on any atom is 0.248 e. The Labute approximate surface area is 147 Å². The largest absolute Gasteiger partial charge is 0.370 e. The fourth-order valence-electron chi connectivity index (χ4n) is 3.73. The highest BCUT2D eigenvalue weighted by Gasteiger charge is 2.22. The lowest BCUT2D eigenvalue weighted by atomic mass is 9.89. The number of piperidine rings is 1. The average Bonchev–Trinajstić information content (AvgIpc) is 2.68. The van der Waals surface area contributed by atoms with Crippen molar-refractivity contribution in [2.24, 2.45) is 5.73 Å². The van der Waals surface area contributed by atoms with Crippen molar-refractivity contribution in [1.29, 1.82) is 0 Å². The molecule has 0 atom stereocenters. The molecule has 4 heteroatoms. The number of nitrogens with zero attached hydrogens (tertiary/aromatic N) is 2. The van der Waals surface area contributed by atoms with Gasteiger partial charge in [-0.15, -0.1) is 0 Å². The molecule has 0 bridgehead atoms. The molecule has 0 aliphatic carbocycles. The summed E-state index contributed by atoms with van der Waals surface area (Å²) in [6.07, 6.45) is 5.97. The zero-order valence-corrected chi connectivity index (χ0v) is 14.1. The van der Waals surface area contributed by atoms with Crippen molar-refractivity contribution >= 4 is 22.4 Å². The van der Waals surface area contributed by atoms with Crippen LogP contribution in [0.3, 0.4) is 0 Å². The van der Waals surface area contributed by atoms with Gasteiger partial charge >= 0.3 is 0 Å². The van der Waals surface area contributed by atoms with Crippen LogP contribution in [0.4, 0.5) is 5.69 Å². The van der Waals surface area contributed by atoms with Crippen LogP contribution in [0.5, 0.6) is 0 Å². The van der Waals surface area contributed by atoms with Gasteiger partial charge < -0.3 is 10.6 Å². The number of hydrogen-bond acceptors (Lipinski definition) is 3. The highest BCUT2D eigenvalue weighted by Crippen LogP contribution is 2.33. The number of pyridine rings is 1. The lowest BCUT2D eigenvalue weighted by molar-refractivity contribution is 0.100. The number of carbonyl (C=O) groups is 1. The molecule has 4 rings (SSSR count). The maximum absolute atomic E-state index is 11.5. The second kappa shape index (κ2) is 6.55. The summed E-state index contributed by atoms with van der Waals surface area (Å²) < 4.78 is 0. The summed E-state index contributed by atoms with van der Waals surface area (Å²) in [6.45, 7) is 1.97. The van der Waals surface area contributed by atoms with Crippen LogP contribution in [0.25, 0.3) is 10.8 Å². The third-order valence-electron chi connectivity index (χ3n) is 5.13. The van der Waals surface area contributed by atoms with Gasteiger partial charge in [0.15, 0.2) is 0 Å². The highest BCUT2D eigenvalue weighted by molar-refractivity contribution is 6.01. The summed E-state index contributed by atoms with van der Waals surface area (Å²) in [5, 5.41) is 2.08. The minimum absolute atomic E-state index is 0.396. The van der Waals surface area contributed by atoms with Crippen LogP contribution in [-0.4, -0.2) is 24.0 Å². The Bertz CT molecular complexity index is 899. The molecular formula is C21H21N3O. The lowest BCUT2D eigenvalue weighted by Gasteiger charge is -2.34. The van der Waals surface area contributed by atoms with Gasteiger partial charge in [0.25, 0.3) is 0 Å². The highest BCUT2D eigenvalue weighted by atomic mass is 16.1. The van der Waals surface area contributed by atoms with Crippen LogP contribution in [-0.2, 0) is 0 Å². The molecular weight excluding hydrogens is 310 g/mol. The Morgan fingerprint density at radius 1 is 1.04 bits per heavy atom. The van der Waals surface area contributed by atoms with E-state index in [1.807, 2.05) is 24.5 Å². The molecule has 4 nitrogen and oxygen atoms in total. The third-order valence-corrected chi connectivity index (χ3v) is 5.13. The topological polar surface area (TPSA) is 59.2 Å². The molecule has 1 saturated heterocycles. The number of aromatic nitrogens is 1. The van der Waals surface area contributed by atoms with Crippen LogP contribution in [0.1, 0.15) is 34.7 Å². The van der Waals surface area contributed by atoms with Crippen LogP contribution >= 0.6 is 0 Å². The van der Waals surface area contributed by atoms with Crippen molar-refractivity contribution in [3.05, 3.63) is 72.1 Å². The fourth-order valence-corrected chi connectivity index (χ4v) is 3.73. The first-order chi connectivity index (χ1) is 12.2. The van der Waals surface area contributed by atoms with Crippen molar-refractivity contribution in [2.75, 3.05) is 18.0 Å². The molecule has 0 saturated carbocycles. The number of amides is 1. The van der Waals surface area contributed by atoms with Gasteiger partial charge in [-0.05, 0) is 36.5 Å². The van der Waals surface area contributed by atoms with Gasteiger partial charge in [-0.3, -0.25) is 9.78 Å². The van der Waals surface area contributed by atoms with E-state index in [1.54, 1.807) is 6.07 Å². The Morgan fingerprint density at radius 2 is 1.80 bits per heavy atom. The standard InChI is InChI=1S/C21H21N3O/c22-21(25)17-6-7-18-13-23-14-20(19(18)12-17)24-10-8-16(9-11-24)15-4-2-1-3-5-15/h1-7,12-14,16H,8-11H2,(H2,22,25). The Hall–Kier alpha value is -2.88. The molecule has 2 heterocycles. The van der Waals surface area contributed by atoms with Gasteiger partial charge in [-0.25, -0.2) is 0 Å². The van der Waals surface area contributed by atoms with Gasteiger partial charge in [0, 0.05) is 35.6 Å². The first-order valence-electron chi connectivity index (χ1n) is 8.70. The quantitative estimate of drug-likeness (QED) is 0.796. The molecule has 3 aromatic rings. The van der Waals surface area contributed by atoms with Gasteiger partial charge in [0.1, 0.15) is 0 Å². The molecule has 1 aliphatic rings. The van der Waals surface area contributed by atoms with E-state index in [9.17, 15) is 4.79 Å². The molecule has 1 fully saturated rings. The van der Waals surface area contributed by atoms with Crippen molar-refractivity contribution < 1.29 is 4.79 Å². The van der Waals surface area contributed by atoms with Gasteiger partial charge in [0.2, 0.25) is 5.91 Å². The lowest BCUT2D eigenvalue weighted by Crippen LogP contribution is -2.33. The first kappa shape index (κ1) is 15.6. The van der Waals surface area contributed by atoms with Gasteiger partial charge in [0.05, 0.1) is 11.9 Å². The number of fused-ring (bicyclic) bond motifs is 1. The summed E-state index contributed by atoms with van der Waals surface area (Å²) in [5.74, 6) is 0.217. The average molecular weight is 331 g/mol. The predicted molar refractivity (Wildman–Crippen MR) is 101 cm³/mol. The van der Waals surface area contributed by atoms with E-state index >= 15 is 0 Å². The minimum Gasteiger partial charge on any atom is -0.370 e. The van der Waals surface area contributed by atoms with Gasteiger partial charge in [-0.2, -0.15) is 0 Å². The van der Waals surface area contributed by atoms with Crippen molar-refractivity contribution in [3.63, 3.8) is 0 Å². The predicted octanol–water partition coefficient (Wildman–Crippen LogP) is 3.72. The summed E-state index contributed by atoms with van der Waals surface area (Å²) in [5.41, 5.74) is 8.50. The molecule has 2 aromatic carbocycles. The van der Waals surface area contributed by atoms with Crippen molar-refractivity contribution in [3.8, 4) is 0 Å². The van der Waals surface area contributed by atoms with E-state index in [-0.39, 0.29) is 0 Å². The number of nitrogens with two attached hydrogens (primary N) is 1. The zero-order chi connectivity index (χ0) is 17.2. The number of anilines is 1. The zero-order valence-electron chi connectivity index (χ0n) is 14.1. The smallest absolute Gasteiger partial charge is 0.248 e. The van der Waals surface area contributed by atoms with Crippen molar-refractivity contribution in [2.45, 2.75) is 18.8 Å². The number of rotatable bonds is 3. The second-order valence-corrected chi connectivity index (χ2v) is 6.63. The molecule has 126 valence electrons. The molecule has 0 radical (unpaired) electrons. The maximum atomic E-state index is 11.5. The molecule has 25 heavy (non-hydrogen) atoms. The summed E-state index contributed by atoms with van der Waals surface area (Å²) in [4.78, 5) is 18.3. The Kier molecular flexibility index (Phi) is 4.10. The molecule has 1 aliphatic heterocycles. The van der Waals surface area contributed by atoms with Crippen molar-refractivity contribution in [1.82, 2.24) is 4.98 Å². The van der Waals surface area contributed by atoms with E-state index in [2.05, 4.69) is 40.2 Å². The van der Waals surface area contributed by atoms with Gasteiger partial charge in [-0.1, -0.05) is 36.4 Å². The number of benzene rings is 2. The monoisotopic (exact) mass is 331 g/mol. The number of primary amides is 1. The van der Waals surface area contributed by atoms with Crippen LogP contribution in [0, 0.1) is 0 Å². The third kappa shape index (κ3) is 3.07. The Balaban J connectivity index is 1.60. The minimum atomic E-state index is -0.396. The molecule has 2 N–H and O–H groups in total. The molecule has 0 spiro atoms. The number of carbonyl (C=O) groups excluding carboxylic acids is 1. The van der Waals surface area contributed by atoms with Crippen LogP contribution in [0.15, 0.2) is 60.9 Å². The molecule has 1 aromatic heterocycles. The molecule has 1 amide bonds. The molecule has 0 unspecified atom stereocenters. The Morgan fingerprint density at radius 3 is 2.52 bits per heavy atom. The number of hydrogen-bond donors (Lipinski definition) is 1. The van der Waals surface area contributed by atoms with E-state index in [0.717, 1.165) is 42.4 Å². The summed E-state index contributed by atoms with van der Waals surface area (Å²) >= 11 is 0. The summed E-state index contributed by atoms with van der Waals surface area (Å²) in [6, 6.07) is 16.3. The van der Waals surface area contributed by atoms with E-state index in [1.165, 1.54) is 5.56 Å². The van der Waals surface area contributed by atoms with E-state index < -0.39 is 5.91 Å². The summed E-state index contributed by atoms with van der Waals surface area (Å²) in [7, 11) is 0. The van der Waals surface area contributed by atoms with E-state index in [4.69, 9.17) is 5.73 Å². The normalized spacial score (nSPS) is 15.4. The van der Waals surface area contributed by atoms with Crippen LogP contribution in [0.2, 0.25) is 0 Å². The van der Waals surface area contributed by atoms with E-state index in [0.29, 0.717) is 11.5 Å². The van der Waals surface area contributed by atoms with Crippen LogP contribution < -0.4 is 10.6 Å².